The molecule has 0 spiro atoms. The van der Waals surface area contributed by atoms with Gasteiger partial charge in [0.15, 0.2) is 9.84 Å². The van der Waals surface area contributed by atoms with Crippen molar-refractivity contribution in [3.8, 4) is 0 Å². The first kappa shape index (κ1) is 13.8. The molecule has 0 radical (unpaired) electrons. The van der Waals surface area contributed by atoms with Gasteiger partial charge in [0.2, 0.25) is 0 Å². The van der Waals surface area contributed by atoms with E-state index in [2.05, 4.69) is 15.9 Å². The maximum Gasteiger partial charge on any atom is 0.150 e. The van der Waals surface area contributed by atoms with Gasteiger partial charge in [0.1, 0.15) is 0 Å². The van der Waals surface area contributed by atoms with Gasteiger partial charge >= 0.3 is 0 Å². The SMILES string of the molecule is O=S1(=O)CCC(C(CBr)CC2CCOCC2)C1. The van der Waals surface area contributed by atoms with Crippen LogP contribution in [0.15, 0.2) is 0 Å². The van der Waals surface area contributed by atoms with E-state index < -0.39 is 9.84 Å². The van der Waals surface area contributed by atoms with Crippen molar-refractivity contribution < 1.29 is 13.2 Å². The van der Waals surface area contributed by atoms with E-state index in [1.807, 2.05) is 0 Å². The van der Waals surface area contributed by atoms with Crippen LogP contribution in [0.4, 0.5) is 0 Å². The van der Waals surface area contributed by atoms with Crippen LogP contribution in [0.1, 0.15) is 25.7 Å². The van der Waals surface area contributed by atoms with E-state index in [9.17, 15) is 8.42 Å². The van der Waals surface area contributed by atoms with Crippen molar-refractivity contribution in [2.45, 2.75) is 25.7 Å². The molecule has 0 aromatic heterocycles. The fourth-order valence-corrected chi connectivity index (χ4v) is 5.70. The lowest BCUT2D eigenvalue weighted by Crippen LogP contribution is -2.24. The summed E-state index contributed by atoms with van der Waals surface area (Å²) in [4.78, 5) is 0. The van der Waals surface area contributed by atoms with Crippen LogP contribution in [-0.2, 0) is 14.6 Å². The minimum absolute atomic E-state index is 0.377. The molecule has 2 rings (SSSR count). The molecule has 0 N–H and O–H groups in total. The van der Waals surface area contributed by atoms with E-state index in [0.717, 1.165) is 50.1 Å². The zero-order valence-electron chi connectivity index (χ0n) is 10.1. The molecule has 100 valence electrons. The summed E-state index contributed by atoms with van der Waals surface area (Å²) in [7, 11) is -2.74. The van der Waals surface area contributed by atoms with E-state index in [1.165, 1.54) is 0 Å². The zero-order valence-corrected chi connectivity index (χ0v) is 12.5. The second-order valence-corrected chi connectivity index (χ2v) is 8.25. The van der Waals surface area contributed by atoms with Crippen molar-refractivity contribution in [3.63, 3.8) is 0 Å². The molecule has 2 heterocycles. The summed E-state index contributed by atoms with van der Waals surface area (Å²) in [5.41, 5.74) is 0. The number of rotatable bonds is 4. The van der Waals surface area contributed by atoms with Crippen LogP contribution in [0.3, 0.4) is 0 Å². The third-order valence-corrected chi connectivity index (χ3v) is 6.73. The van der Waals surface area contributed by atoms with Gasteiger partial charge in [0.05, 0.1) is 11.5 Å². The Hall–Kier alpha value is 0.390. The summed E-state index contributed by atoms with van der Waals surface area (Å²) in [5.74, 6) is 2.44. The first-order chi connectivity index (χ1) is 8.11. The Labute approximate surface area is 112 Å². The molecule has 2 saturated heterocycles. The highest BCUT2D eigenvalue weighted by molar-refractivity contribution is 9.09. The second kappa shape index (κ2) is 6.02. The predicted octanol–water partition coefficient (Wildman–Crippen LogP) is 2.25. The van der Waals surface area contributed by atoms with E-state index in [1.54, 1.807) is 0 Å². The van der Waals surface area contributed by atoms with Crippen molar-refractivity contribution in [1.82, 2.24) is 0 Å². The highest BCUT2D eigenvalue weighted by atomic mass is 79.9. The molecule has 0 aromatic rings. The van der Waals surface area contributed by atoms with Crippen LogP contribution >= 0.6 is 15.9 Å². The van der Waals surface area contributed by atoms with Crippen LogP contribution in [0.2, 0.25) is 0 Å². The molecule has 0 bridgehead atoms. The first-order valence-electron chi connectivity index (χ1n) is 6.45. The number of hydrogen-bond acceptors (Lipinski definition) is 3. The number of hydrogen-bond donors (Lipinski definition) is 0. The van der Waals surface area contributed by atoms with E-state index >= 15 is 0 Å². The van der Waals surface area contributed by atoms with Crippen molar-refractivity contribution in [1.29, 1.82) is 0 Å². The average Bonchev–Trinajstić information content (AvgIpc) is 2.68. The Bertz CT molecular complexity index is 336. The van der Waals surface area contributed by atoms with Crippen LogP contribution in [0.25, 0.3) is 0 Å². The number of halogens is 1. The fraction of sp³-hybridized carbons (Fsp3) is 1.00. The molecule has 0 aliphatic carbocycles. The Morgan fingerprint density at radius 3 is 2.47 bits per heavy atom. The van der Waals surface area contributed by atoms with Gasteiger partial charge in [-0.1, -0.05) is 15.9 Å². The summed E-state index contributed by atoms with van der Waals surface area (Å²) >= 11 is 3.56. The summed E-state index contributed by atoms with van der Waals surface area (Å²) in [6.07, 6.45) is 4.31. The molecule has 2 aliphatic heterocycles. The number of alkyl halides is 1. The quantitative estimate of drug-likeness (QED) is 0.745. The molecule has 0 saturated carbocycles. The zero-order chi connectivity index (χ0) is 12.3. The molecule has 0 amide bonds. The van der Waals surface area contributed by atoms with Gasteiger partial charge in [-0.15, -0.1) is 0 Å². The van der Waals surface area contributed by atoms with Gasteiger partial charge in [-0.2, -0.15) is 0 Å². The van der Waals surface area contributed by atoms with Crippen LogP contribution in [-0.4, -0.2) is 38.5 Å². The largest absolute Gasteiger partial charge is 0.381 e. The van der Waals surface area contributed by atoms with Crippen LogP contribution in [0.5, 0.6) is 0 Å². The topological polar surface area (TPSA) is 43.4 Å². The smallest absolute Gasteiger partial charge is 0.150 e. The lowest BCUT2D eigenvalue weighted by Gasteiger charge is -2.28. The van der Waals surface area contributed by atoms with Gasteiger partial charge in [-0.05, 0) is 43.4 Å². The minimum atomic E-state index is -2.74. The maximum atomic E-state index is 11.5. The summed E-state index contributed by atoms with van der Waals surface area (Å²) in [6, 6.07) is 0. The van der Waals surface area contributed by atoms with Gasteiger partial charge < -0.3 is 4.74 Å². The van der Waals surface area contributed by atoms with E-state index in [4.69, 9.17) is 4.74 Å². The molecular formula is C12H21BrO3S. The molecule has 2 atom stereocenters. The van der Waals surface area contributed by atoms with Crippen molar-refractivity contribution in [3.05, 3.63) is 0 Å². The Morgan fingerprint density at radius 2 is 1.94 bits per heavy atom. The third-order valence-electron chi connectivity index (χ3n) is 4.11. The van der Waals surface area contributed by atoms with Crippen molar-refractivity contribution >= 4 is 25.8 Å². The highest BCUT2D eigenvalue weighted by Gasteiger charge is 2.34. The monoisotopic (exact) mass is 324 g/mol. The molecule has 0 aromatic carbocycles. The fourth-order valence-electron chi connectivity index (χ4n) is 2.99. The number of sulfone groups is 1. The molecule has 3 nitrogen and oxygen atoms in total. The molecular weight excluding hydrogens is 304 g/mol. The van der Waals surface area contributed by atoms with Gasteiger partial charge in [-0.3, -0.25) is 0 Å². The first-order valence-corrected chi connectivity index (χ1v) is 9.39. The Kier molecular flexibility index (Phi) is 4.89. The number of ether oxygens (including phenoxy) is 1. The molecule has 2 aliphatic rings. The molecule has 2 unspecified atom stereocenters. The van der Waals surface area contributed by atoms with Gasteiger partial charge in [-0.25, -0.2) is 8.42 Å². The van der Waals surface area contributed by atoms with Gasteiger partial charge in [0.25, 0.3) is 0 Å². The molecule has 17 heavy (non-hydrogen) atoms. The van der Waals surface area contributed by atoms with E-state index in [0.29, 0.717) is 23.3 Å². The lowest BCUT2D eigenvalue weighted by atomic mass is 9.82. The predicted molar refractivity (Wildman–Crippen MR) is 72.2 cm³/mol. The normalized spacial score (nSPS) is 31.5. The standard InChI is InChI=1S/C12H21BrO3S/c13-8-12(7-10-1-4-16-5-2-10)11-3-6-17(14,15)9-11/h10-12H,1-9H2. The van der Waals surface area contributed by atoms with Crippen molar-refractivity contribution in [2.75, 3.05) is 30.0 Å². The Morgan fingerprint density at radius 1 is 1.24 bits per heavy atom. The van der Waals surface area contributed by atoms with Crippen LogP contribution < -0.4 is 0 Å². The summed E-state index contributed by atoms with van der Waals surface area (Å²) in [6.45, 7) is 1.76. The maximum absolute atomic E-state index is 11.5. The van der Waals surface area contributed by atoms with Gasteiger partial charge in [0, 0.05) is 18.5 Å². The lowest BCUT2D eigenvalue weighted by molar-refractivity contribution is 0.0570. The second-order valence-electron chi connectivity index (χ2n) is 5.37. The highest BCUT2D eigenvalue weighted by Crippen LogP contribution is 2.34. The summed E-state index contributed by atoms with van der Waals surface area (Å²) < 4.78 is 28.4. The van der Waals surface area contributed by atoms with Crippen LogP contribution in [0, 0.1) is 17.8 Å². The third kappa shape index (κ3) is 3.93. The van der Waals surface area contributed by atoms with E-state index in [-0.39, 0.29) is 0 Å². The molecule has 2 fully saturated rings. The van der Waals surface area contributed by atoms with Crippen molar-refractivity contribution in [2.24, 2.45) is 17.8 Å². The Balaban J connectivity index is 1.88. The molecule has 5 heteroatoms. The minimum Gasteiger partial charge on any atom is -0.381 e. The summed E-state index contributed by atoms with van der Waals surface area (Å²) in [5, 5.41) is 0.935. The average molecular weight is 325 g/mol.